The molecule has 3 N–H and O–H groups in total. The number of carbonyl (C=O) groups is 1. The predicted molar refractivity (Wildman–Crippen MR) is 114 cm³/mol. The van der Waals surface area contributed by atoms with Gasteiger partial charge in [-0.2, -0.15) is 0 Å². The molecule has 7 nitrogen and oxygen atoms in total. The minimum atomic E-state index is -3.74. The standard InChI is InChI=1S/C22H25N3O4S/c1-14-4-5-18(12-15(14)2)20-13-24-22(29-20)11-10-21(26)25-16(3)17-6-8-19(9-7-17)30(23,27)28/h4-9,12-13,16H,10-11H2,1-3H3,(H,25,26)(H2,23,27,28)/t16-/m0/s1. The molecule has 1 aromatic heterocycles. The van der Waals surface area contributed by atoms with E-state index in [9.17, 15) is 13.2 Å². The minimum absolute atomic E-state index is 0.0354. The van der Waals surface area contributed by atoms with E-state index in [1.54, 1.807) is 18.3 Å². The number of amides is 1. The second-order valence-corrected chi connectivity index (χ2v) is 8.88. The molecule has 158 valence electrons. The third-order valence-electron chi connectivity index (χ3n) is 5.00. The van der Waals surface area contributed by atoms with Crippen molar-refractivity contribution in [2.24, 2.45) is 5.14 Å². The summed E-state index contributed by atoms with van der Waals surface area (Å²) in [5.74, 6) is 1.03. The molecule has 0 aliphatic rings. The van der Waals surface area contributed by atoms with Crippen molar-refractivity contribution in [2.75, 3.05) is 0 Å². The zero-order chi connectivity index (χ0) is 21.9. The average molecular weight is 428 g/mol. The molecule has 3 aromatic rings. The highest BCUT2D eigenvalue weighted by molar-refractivity contribution is 7.89. The minimum Gasteiger partial charge on any atom is -0.441 e. The summed E-state index contributed by atoms with van der Waals surface area (Å²) in [6.07, 6.45) is 2.28. The van der Waals surface area contributed by atoms with Crippen molar-refractivity contribution < 1.29 is 17.6 Å². The van der Waals surface area contributed by atoms with Gasteiger partial charge in [-0.05, 0) is 55.7 Å². The molecule has 8 heteroatoms. The number of carbonyl (C=O) groups excluding carboxylic acids is 1. The first-order valence-electron chi connectivity index (χ1n) is 9.58. The van der Waals surface area contributed by atoms with Crippen LogP contribution in [0.15, 0.2) is 58.0 Å². The van der Waals surface area contributed by atoms with Crippen LogP contribution in [0.25, 0.3) is 11.3 Å². The van der Waals surface area contributed by atoms with Gasteiger partial charge in [-0.15, -0.1) is 0 Å². The van der Waals surface area contributed by atoms with E-state index in [4.69, 9.17) is 9.56 Å². The van der Waals surface area contributed by atoms with E-state index in [0.29, 0.717) is 18.1 Å². The fourth-order valence-electron chi connectivity index (χ4n) is 3.02. The maximum Gasteiger partial charge on any atom is 0.238 e. The van der Waals surface area contributed by atoms with Crippen molar-refractivity contribution >= 4 is 15.9 Å². The lowest BCUT2D eigenvalue weighted by Gasteiger charge is -2.14. The second kappa shape index (κ2) is 8.81. The van der Waals surface area contributed by atoms with Gasteiger partial charge < -0.3 is 9.73 Å². The summed E-state index contributed by atoms with van der Waals surface area (Å²) in [4.78, 5) is 16.6. The lowest BCUT2D eigenvalue weighted by atomic mass is 10.1. The second-order valence-electron chi connectivity index (χ2n) is 7.32. The Balaban J connectivity index is 1.55. The van der Waals surface area contributed by atoms with Crippen LogP contribution in [0.3, 0.4) is 0 Å². The molecule has 2 aromatic carbocycles. The van der Waals surface area contributed by atoms with E-state index < -0.39 is 10.0 Å². The molecular formula is C22H25N3O4S. The smallest absolute Gasteiger partial charge is 0.238 e. The molecule has 0 unspecified atom stereocenters. The monoisotopic (exact) mass is 427 g/mol. The number of hydrogen-bond acceptors (Lipinski definition) is 5. The molecule has 0 saturated heterocycles. The van der Waals surface area contributed by atoms with Crippen molar-refractivity contribution in [1.29, 1.82) is 0 Å². The van der Waals surface area contributed by atoms with Gasteiger partial charge in [0, 0.05) is 18.4 Å². The zero-order valence-corrected chi connectivity index (χ0v) is 18.0. The summed E-state index contributed by atoms with van der Waals surface area (Å²) < 4.78 is 28.4. The van der Waals surface area contributed by atoms with Gasteiger partial charge in [-0.1, -0.05) is 24.3 Å². The predicted octanol–water partition coefficient (Wildman–Crippen LogP) is 3.42. The molecule has 0 spiro atoms. The van der Waals surface area contributed by atoms with Gasteiger partial charge in [-0.25, -0.2) is 18.5 Å². The summed E-state index contributed by atoms with van der Waals surface area (Å²) >= 11 is 0. The number of oxazole rings is 1. The molecule has 3 rings (SSSR count). The molecule has 0 radical (unpaired) electrons. The Labute approximate surface area is 176 Å². The number of nitrogens with one attached hydrogen (secondary N) is 1. The van der Waals surface area contributed by atoms with Crippen LogP contribution in [0, 0.1) is 13.8 Å². The van der Waals surface area contributed by atoms with Crippen LogP contribution in [-0.2, 0) is 21.2 Å². The summed E-state index contributed by atoms with van der Waals surface area (Å²) in [6.45, 7) is 5.93. The first kappa shape index (κ1) is 21.7. The molecule has 1 amide bonds. The number of sulfonamides is 1. The van der Waals surface area contributed by atoms with Crippen molar-refractivity contribution in [1.82, 2.24) is 10.3 Å². The number of nitrogens with two attached hydrogens (primary N) is 1. The van der Waals surface area contributed by atoms with Gasteiger partial charge in [0.1, 0.15) is 0 Å². The van der Waals surface area contributed by atoms with Crippen molar-refractivity contribution in [3.63, 3.8) is 0 Å². The van der Waals surface area contributed by atoms with Gasteiger partial charge in [0.25, 0.3) is 0 Å². The number of primary sulfonamides is 1. The van der Waals surface area contributed by atoms with E-state index in [-0.39, 0.29) is 23.3 Å². The number of benzene rings is 2. The summed E-state index contributed by atoms with van der Waals surface area (Å²) in [7, 11) is -3.74. The van der Waals surface area contributed by atoms with Crippen LogP contribution in [-0.4, -0.2) is 19.3 Å². The topological polar surface area (TPSA) is 115 Å². The Morgan fingerprint density at radius 2 is 1.83 bits per heavy atom. The largest absolute Gasteiger partial charge is 0.441 e. The van der Waals surface area contributed by atoms with Gasteiger partial charge in [0.05, 0.1) is 17.1 Å². The Hall–Kier alpha value is -2.97. The van der Waals surface area contributed by atoms with E-state index in [0.717, 1.165) is 11.1 Å². The molecule has 0 fully saturated rings. The van der Waals surface area contributed by atoms with E-state index >= 15 is 0 Å². The first-order valence-corrected chi connectivity index (χ1v) is 11.1. The molecule has 1 heterocycles. The van der Waals surface area contributed by atoms with Gasteiger partial charge in [0.2, 0.25) is 15.9 Å². The SMILES string of the molecule is Cc1ccc(-c2cnc(CCC(=O)N[C@@H](C)c3ccc(S(N)(=O)=O)cc3)o2)cc1C. The summed E-state index contributed by atoms with van der Waals surface area (Å²) in [6, 6.07) is 11.9. The summed E-state index contributed by atoms with van der Waals surface area (Å²) in [5.41, 5.74) is 4.13. The van der Waals surface area contributed by atoms with Gasteiger partial charge >= 0.3 is 0 Å². The van der Waals surface area contributed by atoms with E-state index in [2.05, 4.69) is 23.3 Å². The highest BCUT2D eigenvalue weighted by Gasteiger charge is 2.14. The number of rotatable bonds is 7. The van der Waals surface area contributed by atoms with Crippen molar-refractivity contribution in [2.45, 2.75) is 44.6 Å². The molecule has 0 bridgehead atoms. The van der Waals surface area contributed by atoms with Crippen molar-refractivity contribution in [3.8, 4) is 11.3 Å². The lowest BCUT2D eigenvalue weighted by molar-refractivity contribution is -0.121. The quantitative estimate of drug-likeness (QED) is 0.599. The Morgan fingerprint density at radius 3 is 2.47 bits per heavy atom. The van der Waals surface area contributed by atoms with E-state index in [1.807, 2.05) is 26.0 Å². The van der Waals surface area contributed by atoms with Crippen LogP contribution < -0.4 is 10.5 Å². The fourth-order valence-corrected chi connectivity index (χ4v) is 3.53. The average Bonchev–Trinajstić information content (AvgIpc) is 3.17. The van der Waals surface area contributed by atoms with Gasteiger partial charge in [-0.3, -0.25) is 4.79 Å². The molecular weight excluding hydrogens is 402 g/mol. The fraction of sp³-hybridized carbons (Fsp3) is 0.273. The van der Waals surface area contributed by atoms with Crippen molar-refractivity contribution in [3.05, 3.63) is 71.2 Å². The van der Waals surface area contributed by atoms with Crippen LogP contribution in [0.2, 0.25) is 0 Å². The van der Waals surface area contributed by atoms with Crippen LogP contribution in [0.4, 0.5) is 0 Å². The van der Waals surface area contributed by atoms with Crippen LogP contribution in [0.5, 0.6) is 0 Å². The third kappa shape index (κ3) is 5.34. The zero-order valence-electron chi connectivity index (χ0n) is 17.2. The van der Waals surface area contributed by atoms with Crippen LogP contribution >= 0.6 is 0 Å². The molecule has 0 aliphatic heterocycles. The van der Waals surface area contributed by atoms with Crippen LogP contribution in [0.1, 0.15) is 42.0 Å². The number of hydrogen-bond donors (Lipinski definition) is 2. The Bertz CT molecular complexity index is 1150. The normalized spacial score (nSPS) is 12.5. The first-order chi connectivity index (χ1) is 14.1. The molecule has 0 aliphatic carbocycles. The Morgan fingerprint density at radius 1 is 1.13 bits per heavy atom. The number of aromatic nitrogens is 1. The number of nitrogens with zero attached hydrogens (tertiary/aromatic N) is 1. The molecule has 0 saturated carbocycles. The highest BCUT2D eigenvalue weighted by atomic mass is 32.2. The number of aryl methyl sites for hydroxylation is 3. The van der Waals surface area contributed by atoms with E-state index in [1.165, 1.54) is 23.3 Å². The Kier molecular flexibility index (Phi) is 6.38. The van der Waals surface area contributed by atoms with Gasteiger partial charge in [0.15, 0.2) is 11.7 Å². The lowest BCUT2D eigenvalue weighted by Crippen LogP contribution is -2.26. The molecule has 30 heavy (non-hydrogen) atoms. The third-order valence-corrected chi connectivity index (χ3v) is 5.93. The maximum atomic E-state index is 12.3. The molecule has 1 atom stereocenters. The summed E-state index contributed by atoms with van der Waals surface area (Å²) in [5, 5.41) is 7.99. The highest BCUT2D eigenvalue weighted by Crippen LogP contribution is 2.23. The maximum absolute atomic E-state index is 12.3.